The summed E-state index contributed by atoms with van der Waals surface area (Å²) in [6, 6.07) is 4.06. The Kier molecular flexibility index (Phi) is 4.18. The van der Waals surface area contributed by atoms with E-state index in [-0.39, 0.29) is 17.5 Å². The number of allylic oxidation sites excluding steroid dienone is 1. The number of carbonyl (C=O) groups is 1. The lowest BCUT2D eigenvalue weighted by molar-refractivity contribution is -0.137. The number of hydrogen-bond acceptors (Lipinski definition) is 2. The second-order valence-electron chi connectivity index (χ2n) is 4.95. The van der Waals surface area contributed by atoms with Crippen LogP contribution in [0.25, 0.3) is 0 Å². The standard InChI is InChI=1S/C15H15F3N2O/c1-9-5-6-12(8-13(9)19)20-14(21)10-3-2-4-11(7-10)15(16,17)18/h2-9,13H,19H2,1H3,(H,20,21)/t9-,13?/m0/s1. The van der Waals surface area contributed by atoms with Crippen molar-refractivity contribution in [3.8, 4) is 0 Å². The van der Waals surface area contributed by atoms with Crippen molar-refractivity contribution < 1.29 is 18.0 Å². The SMILES string of the molecule is C[C@H]1C=CC(NC(=O)c2cccc(C(F)(F)F)c2)=CC1N. The highest BCUT2D eigenvalue weighted by Crippen LogP contribution is 2.29. The number of nitrogens with one attached hydrogen (secondary N) is 1. The third-order valence-electron chi connectivity index (χ3n) is 3.27. The number of alkyl halides is 3. The van der Waals surface area contributed by atoms with Crippen LogP contribution in [0.2, 0.25) is 0 Å². The van der Waals surface area contributed by atoms with E-state index in [4.69, 9.17) is 5.73 Å². The van der Waals surface area contributed by atoms with Gasteiger partial charge in [0.05, 0.1) is 5.56 Å². The molecule has 112 valence electrons. The highest BCUT2D eigenvalue weighted by atomic mass is 19.4. The maximum atomic E-state index is 12.6. The molecule has 0 radical (unpaired) electrons. The van der Waals surface area contributed by atoms with Crippen molar-refractivity contribution in [2.24, 2.45) is 11.7 Å². The number of benzene rings is 1. The zero-order valence-electron chi connectivity index (χ0n) is 11.3. The largest absolute Gasteiger partial charge is 0.416 e. The minimum absolute atomic E-state index is 0.0497. The van der Waals surface area contributed by atoms with Crippen LogP contribution in [0.15, 0.2) is 48.2 Å². The molecule has 2 atom stereocenters. The first kappa shape index (κ1) is 15.3. The minimum atomic E-state index is -4.47. The number of carbonyl (C=O) groups excluding carboxylic acids is 1. The fourth-order valence-electron chi connectivity index (χ4n) is 1.92. The molecule has 0 fully saturated rings. The van der Waals surface area contributed by atoms with Gasteiger partial charge in [-0.25, -0.2) is 0 Å². The molecule has 1 aromatic rings. The number of amides is 1. The zero-order valence-corrected chi connectivity index (χ0v) is 11.3. The van der Waals surface area contributed by atoms with Gasteiger partial charge < -0.3 is 11.1 Å². The van der Waals surface area contributed by atoms with Crippen molar-refractivity contribution in [1.29, 1.82) is 0 Å². The molecular formula is C15H15F3N2O. The molecule has 1 unspecified atom stereocenters. The van der Waals surface area contributed by atoms with Crippen LogP contribution in [0.5, 0.6) is 0 Å². The summed E-state index contributed by atoms with van der Waals surface area (Å²) >= 11 is 0. The van der Waals surface area contributed by atoms with Gasteiger partial charge in [-0.2, -0.15) is 13.2 Å². The number of nitrogens with two attached hydrogens (primary N) is 1. The lowest BCUT2D eigenvalue weighted by atomic mass is 9.96. The monoisotopic (exact) mass is 296 g/mol. The van der Waals surface area contributed by atoms with Gasteiger partial charge in [0.15, 0.2) is 0 Å². The first-order chi connectivity index (χ1) is 9.77. The molecular weight excluding hydrogens is 281 g/mol. The Morgan fingerprint density at radius 1 is 1.33 bits per heavy atom. The zero-order chi connectivity index (χ0) is 15.6. The minimum Gasteiger partial charge on any atom is -0.324 e. The van der Waals surface area contributed by atoms with E-state index >= 15 is 0 Å². The molecule has 1 aliphatic carbocycles. The molecule has 2 rings (SSSR count). The fourth-order valence-corrected chi connectivity index (χ4v) is 1.92. The Labute approximate surface area is 120 Å². The van der Waals surface area contributed by atoms with Gasteiger partial charge >= 0.3 is 6.18 Å². The first-order valence-corrected chi connectivity index (χ1v) is 6.41. The number of rotatable bonds is 2. The van der Waals surface area contributed by atoms with E-state index in [1.165, 1.54) is 12.1 Å². The summed E-state index contributed by atoms with van der Waals surface area (Å²) in [4.78, 5) is 12.0. The van der Waals surface area contributed by atoms with Crippen molar-refractivity contribution in [3.63, 3.8) is 0 Å². The molecule has 3 nitrogen and oxygen atoms in total. The van der Waals surface area contributed by atoms with Gasteiger partial charge in [-0.3, -0.25) is 4.79 Å². The molecule has 0 saturated heterocycles. The van der Waals surface area contributed by atoms with E-state index in [0.29, 0.717) is 5.70 Å². The summed E-state index contributed by atoms with van der Waals surface area (Å²) in [5.41, 5.74) is 5.42. The van der Waals surface area contributed by atoms with Gasteiger partial charge in [0.1, 0.15) is 0 Å². The smallest absolute Gasteiger partial charge is 0.324 e. The lowest BCUT2D eigenvalue weighted by Crippen LogP contribution is -2.31. The Morgan fingerprint density at radius 3 is 2.67 bits per heavy atom. The van der Waals surface area contributed by atoms with Gasteiger partial charge in [-0.05, 0) is 36.3 Å². The highest BCUT2D eigenvalue weighted by Gasteiger charge is 2.30. The molecule has 0 aliphatic heterocycles. The van der Waals surface area contributed by atoms with E-state index < -0.39 is 17.6 Å². The van der Waals surface area contributed by atoms with Crippen LogP contribution in [0.1, 0.15) is 22.8 Å². The third-order valence-corrected chi connectivity index (χ3v) is 3.27. The van der Waals surface area contributed by atoms with E-state index in [0.717, 1.165) is 12.1 Å². The Bertz CT molecular complexity index is 605. The quantitative estimate of drug-likeness (QED) is 0.881. The molecule has 6 heteroatoms. The summed E-state index contributed by atoms with van der Waals surface area (Å²) in [5, 5.41) is 2.55. The molecule has 0 saturated carbocycles. The lowest BCUT2D eigenvalue weighted by Gasteiger charge is -2.19. The van der Waals surface area contributed by atoms with Crippen molar-refractivity contribution in [1.82, 2.24) is 5.32 Å². The fraction of sp³-hybridized carbons (Fsp3) is 0.267. The van der Waals surface area contributed by atoms with Crippen LogP contribution < -0.4 is 11.1 Å². The topological polar surface area (TPSA) is 55.1 Å². The molecule has 0 spiro atoms. The molecule has 1 amide bonds. The molecule has 0 heterocycles. The van der Waals surface area contributed by atoms with Crippen molar-refractivity contribution in [2.75, 3.05) is 0 Å². The van der Waals surface area contributed by atoms with Crippen LogP contribution in [0.3, 0.4) is 0 Å². The van der Waals surface area contributed by atoms with E-state index in [1.54, 1.807) is 12.2 Å². The van der Waals surface area contributed by atoms with Gasteiger partial charge in [0.2, 0.25) is 0 Å². The molecule has 3 N–H and O–H groups in total. The van der Waals surface area contributed by atoms with Crippen molar-refractivity contribution in [3.05, 3.63) is 59.3 Å². The molecule has 21 heavy (non-hydrogen) atoms. The first-order valence-electron chi connectivity index (χ1n) is 6.41. The van der Waals surface area contributed by atoms with E-state index in [2.05, 4.69) is 5.32 Å². The third kappa shape index (κ3) is 3.72. The summed E-state index contributed by atoms with van der Waals surface area (Å²) in [6.45, 7) is 1.93. The van der Waals surface area contributed by atoms with Gasteiger partial charge in [-0.1, -0.05) is 19.1 Å². The molecule has 1 aromatic carbocycles. The summed E-state index contributed by atoms with van der Waals surface area (Å²) in [6.07, 6.45) is 0.736. The van der Waals surface area contributed by atoms with Crippen molar-refractivity contribution >= 4 is 5.91 Å². The van der Waals surface area contributed by atoms with E-state index in [9.17, 15) is 18.0 Å². The summed E-state index contributed by atoms with van der Waals surface area (Å²) in [5.74, 6) is -0.446. The van der Waals surface area contributed by atoms with Gasteiger partial charge in [0, 0.05) is 17.3 Å². The number of halogens is 3. The predicted octanol–water partition coefficient (Wildman–Crippen LogP) is 2.85. The van der Waals surface area contributed by atoms with Gasteiger partial charge in [0.25, 0.3) is 5.91 Å². The Morgan fingerprint density at radius 2 is 2.05 bits per heavy atom. The predicted molar refractivity (Wildman–Crippen MR) is 73.3 cm³/mol. The van der Waals surface area contributed by atoms with Crippen LogP contribution in [0, 0.1) is 5.92 Å². The molecule has 0 bridgehead atoms. The van der Waals surface area contributed by atoms with Crippen molar-refractivity contribution in [2.45, 2.75) is 19.1 Å². The highest BCUT2D eigenvalue weighted by molar-refractivity contribution is 5.95. The maximum Gasteiger partial charge on any atom is 0.416 e. The average molecular weight is 296 g/mol. The molecule has 0 aromatic heterocycles. The maximum absolute atomic E-state index is 12.6. The Balaban J connectivity index is 2.15. The van der Waals surface area contributed by atoms with Crippen LogP contribution in [-0.2, 0) is 6.18 Å². The van der Waals surface area contributed by atoms with Crippen LogP contribution in [0.4, 0.5) is 13.2 Å². The number of hydrogen-bond donors (Lipinski definition) is 2. The van der Waals surface area contributed by atoms with Gasteiger partial charge in [-0.15, -0.1) is 0 Å². The second kappa shape index (κ2) is 5.73. The van der Waals surface area contributed by atoms with Crippen LogP contribution >= 0.6 is 0 Å². The summed E-state index contributed by atoms with van der Waals surface area (Å²) < 4.78 is 37.8. The average Bonchev–Trinajstić information content (AvgIpc) is 2.42. The Hall–Kier alpha value is -2.08. The normalized spacial score (nSPS) is 21.9. The summed E-state index contributed by atoms with van der Waals surface area (Å²) in [7, 11) is 0. The second-order valence-corrected chi connectivity index (χ2v) is 4.95. The van der Waals surface area contributed by atoms with Crippen LogP contribution in [-0.4, -0.2) is 11.9 Å². The molecule has 1 aliphatic rings. The van der Waals surface area contributed by atoms with E-state index in [1.807, 2.05) is 13.0 Å².